The third-order valence-corrected chi connectivity index (χ3v) is 6.91. The van der Waals surface area contributed by atoms with Crippen molar-refractivity contribution in [1.82, 2.24) is 4.90 Å². The Kier molecular flexibility index (Phi) is 6.23. The first kappa shape index (κ1) is 20.7. The lowest BCUT2D eigenvalue weighted by molar-refractivity contribution is -0.129. The monoisotopic (exact) mass is 421 g/mol. The predicted octanol–water partition coefficient (Wildman–Crippen LogP) is 5.21. The number of nitrogens with one attached hydrogen (secondary N) is 1. The summed E-state index contributed by atoms with van der Waals surface area (Å²) in [5.74, 6) is -0.121. The van der Waals surface area contributed by atoms with Crippen LogP contribution in [0.5, 0.6) is 0 Å². The van der Waals surface area contributed by atoms with Gasteiger partial charge in [-0.25, -0.2) is 4.99 Å². The molecule has 5 nitrogen and oxygen atoms in total. The summed E-state index contributed by atoms with van der Waals surface area (Å²) in [7, 11) is 0. The number of amidine groups is 1. The quantitative estimate of drug-likeness (QED) is 0.721. The van der Waals surface area contributed by atoms with Gasteiger partial charge in [-0.05, 0) is 49.9 Å². The molecule has 2 aromatic carbocycles. The molecule has 1 saturated carbocycles. The molecule has 1 aliphatic heterocycles. The Morgan fingerprint density at radius 1 is 1.07 bits per heavy atom. The molecule has 1 unspecified atom stereocenters. The fourth-order valence-electron chi connectivity index (χ4n) is 4.18. The van der Waals surface area contributed by atoms with E-state index in [0.29, 0.717) is 0 Å². The van der Waals surface area contributed by atoms with Crippen LogP contribution in [0.25, 0.3) is 0 Å². The van der Waals surface area contributed by atoms with Gasteiger partial charge in [0.25, 0.3) is 0 Å². The van der Waals surface area contributed by atoms with Gasteiger partial charge in [0, 0.05) is 18.2 Å². The summed E-state index contributed by atoms with van der Waals surface area (Å²) in [4.78, 5) is 32.7. The smallest absolute Gasteiger partial charge is 0.242 e. The van der Waals surface area contributed by atoms with Gasteiger partial charge in [0.1, 0.15) is 5.25 Å². The molecule has 1 aliphatic carbocycles. The van der Waals surface area contributed by atoms with E-state index in [1.807, 2.05) is 67.3 Å². The SMILES string of the molecule is Cc1cccc(C)c1NC(=O)CC1SC(=Nc2ccccc2)N(C2CCCC2)C1=O. The van der Waals surface area contributed by atoms with Gasteiger partial charge in [-0.1, -0.05) is 61.0 Å². The predicted molar refractivity (Wildman–Crippen MR) is 123 cm³/mol. The van der Waals surface area contributed by atoms with Gasteiger partial charge >= 0.3 is 0 Å². The molecule has 156 valence electrons. The standard InChI is InChI=1S/C24H27N3O2S/c1-16-9-8-10-17(2)22(16)26-21(28)15-20-23(29)27(19-13-6-7-14-19)24(30-20)25-18-11-4-3-5-12-18/h3-5,8-12,19-20H,6-7,13-15H2,1-2H3,(H,26,28). The van der Waals surface area contributed by atoms with Crippen molar-refractivity contribution >= 4 is 40.1 Å². The summed E-state index contributed by atoms with van der Waals surface area (Å²) in [5.41, 5.74) is 3.71. The number of carbonyl (C=O) groups excluding carboxylic acids is 2. The third kappa shape index (κ3) is 4.43. The van der Waals surface area contributed by atoms with E-state index in [1.165, 1.54) is 11.8 Å². The summed E-state index contributed by atoms with van der Waals surface area (Å²) < 4.78 is 0. The van der Waals surface area contributed by atoms with Crippen LogP contribution >= 0.6 is 11.8 Å². The highest BCUT2D eigenvalue weighted by molar-refractivity contribution is 8.15. The largest absolute Gasteiger partial charge is 0.326 e. The van der Waals surface area contributed by atoms with Crippen LogP contribution in [0.1, 0.15) is 43.2 Å². The molecule has 1 atom stereocenters. The highest BCUT2D eigenvalue weighted by Crippen LogP contribution is 2.37. The zero-order valence-corrected chi connectivity index (χ0v) is 18.2. The summed E-state index contributed by atoms with van der Waals surface area (Å²) in [6.07, 6.45) is 4.42. The lowest BCUT2D eigenvalue weighted by atomic mass is 10.1. The van der Waals surface area contributed by atoms with Crippen molar-refractivity contribution < 1.29 is 9.59 Å². The second-order valence-electron chi connectivity index (χ2n) is 8.00. The average molecular weight is 422 g/mol. The maximum atomic E-state index is 13.3. The fourth-order valence-corrected chi connectivity index (χ4v) is 5.39. The molecule has 30 heavy (non-hydrogen) atoms. The molecule has 1 saturated heterocycles. The van der Waals surface area contributed by atoms with Gasteiger partial charge in [-0.2, -0.15) is 0 Å². The van der Waals surface area contributed by atoms with Crippen LogP contribution in [-0.4, -0.2) is 33.2 Å². The molecule has 6 heteroatoms. The van der Waals surface area contributed by atoms with Crippen molar-refractivity contribution in [1.29, 1.82) is 0 Å². The number of rotatable bonds is 5. The first-order chi connectivity index (χ1) is 14.5. The molecule has 0 aromatic heterocycles. The van der Waals surface area contributed by atoms with E-state index >= 15 is 0 Å². The number of amides is 2. The Morgan fingerprint density at radius 3 is 2.40 bits per heavy atom. The summed E-state index contributed by atoms with van der Waals surface area (Å²) in [6.45, 7) is 3.95. The number of carbonyl (C=O) groups is 2. The molecule has 1 N–H and O–H groups in total. The minimum absolute atomic E-state index is 0.0123. The topological polar surface area (TPSA) is 61.8 Å². The van der Waals surface area contributed by atoms with Crippen molar-refractivity contribution in [2.24, 2.45) is 4.99 Å². The van der Waals surface area contributed by atoms with E-state index in [-0.39, 0.29) is 24.3 Å². The maximum Gasteiger partial charge on any atom is 0.242 e. The lowest BCUT2D eigenvalue weighted by Crippen LogP contribution is -2.40. The van der Waals surface area contributed by atoms with E-state index in [0.717, 1.165) is 53.4 Å². The van der Waals surface area contributed by atoms with Gasteiger partial charge in [-0.15, -0.1) is 0 Å². The van der Waals surface area contributed by atoms with Crippen LogP contribution in [0, 0.1) is 13.8 Å². The first-order valence-electron chi connectivity index (χ1n) is 10.5. The molecule has 0 radical (unpaired) electrons. The summed E-state index contributed by atoms with van der Waals surface area (Å²) >= 11 is 1.42. The van der Waals surface area contributed by atoms with E-state index in [4.69, 9.17) is 4.99 Å². The summed E-state index contributed by atoms with van der Waals surface area (Å²) in [5, 5.41) is 3.30. The zero-order chi connectivity index (χ0) is 21.1. The highest BCUT2D eigenvalue weighted by atomic mass is 32.2. The van der Waals surface area contributed by atoms with Crippen LogP contribution < -0.4 is 5.32 Å². The molecule has 0 spiro atoms. The van der Waals surface area contributed by atoms with Crippen molar-refractivity contribution in [3.05, 3.63) is 59.7 Å². The number of hydrogen-bond acceptors (Lipinski definition) is 4. The Bertz CT molecular complexity index is 947. The summed E-state index contributed by atoms with van der Waals surface area (Å²) in [6, 6.07) is 15.8. The maximum absolute atomic E-state index is 13.3. The van der Waals surface area contributed by atoms with Crippen molar-refractivity contribution in [2.45, 2.75) is 57.2 Å². The fraction of sp³-hybridized carbons (Fsp3) is 0.375. The number of thioether (sulfide) groups is 1. The molecular weight excluding hydrogens is 394 g/mol. The van der Waals surface area contributed by atoms with Crippen LogP contribution in [0.15, 0.2) is 53.5 Å². The van der Waals surface area contributed by atoms with E-state index in [1.54, 1.807) is 0 Å². The van der Waals surface area contributed by atoms with Gasteiger partial charge < -0.3 is 5.32 Å². The minimum Gasteiger partial charge on any atom is -0.326 e. The third-order valence-electron chi connectivity index (χ3n) is 5.75. The minimum atomic E-state index is -0.433. The number of aryl methyl sites for hydroxylation is 2. The number of anilines is 1. The average Bonchev–Trinajstić information content (AvgIpc) is 3.34. The van der Waals surface area contributed by atoms with Crippen LogP contribution in [-0.2, 0) is 9.59 Å². The molecule has 4 rings (SSSR count). The van der Waals surface area contributed by atoms with Crippen molar-refractivity contribution in [3.63, 3.8) is 0 Å². The molecule has 1 heterocycles. The normalized spacial score (nSPS) is 20.9. The number of para-hydroxylation sites is 2. The molecule has 2 aromatic rings. The molecular formula is C24H27N3O2S. The molecule has 0 bridgehead atoms. The lowest BCUT2D eigenvalue weighted by Gasteiger charge is -2.23. The molecule has 2 fully saturated rings. The number of benzene rings is 2. The Labute approximate surface area is 182 Å². The van der Waals surface area contributed by atoms with Gasteiger partial charge in [0.15, 0.2) is 5.17 Å². The van der Waals surface area contributed by atoms with Gasteiger partial charge in [0.05, 0.1) is 5.69 Å². The Morgan fingerprint density at radius 2 is 1.73 bits per heavy atom. The number of aliphatic imine (C=N–C) groups is 1. The van der Waals surface area contributed by atoms with Crippen molar-refractivity contribution in [2.75, 3.05) is 5.32 Å². The number of hydrogen-bond donors (Lipinski definition) is 1. The van der Waals surface area contributed by atoms with Gasteiger partial charge in [-0.3, -0.25) is 14.5 Å². The second kappa shape index (κ2) is 9.04. The molecule has 2 aliphatic rings. The Hall–Kier alpha value is -2.60. The second-order valence-corrected chi connectivity index (χ2v) is 9.17. The van der Waals surface area contributed by atoms with Crippen LogP contribution in [0.3, 0.4) is 0 Å². The van der Waals surface area contributed by atoms with Crippen molar-refractivity contribution in [3.8, 4) is 0 Å². The Balaban J connectivity index is 1.53. The van der Waals surface area contributed by atoms with Crippen LogP contribution in [0.4, 0.5) is 11.4 Å². The van der Waals surface area contributed by atoms with E-state index in [9.17, 15) is 9.59 Å². The van der Waals surface area contributed by atoms with E-state index in [2.05, 4.69) is 5.32 Å². The van der Waals surface area contributed by atoms with Gasteiger partial charge in [0.2, 0.25) is 11.8 Å². The van der Waals surface area contributed by atoms with E-state index < -0.39 is 5.25 Å². The first-order valence-corrected chi connectivity index (χ1v) is 11.4. The number of nitrogens with zero attached hydrogens (tertiary/aromatic N) is 2. The van der Waals surface area contributed by atoms with Crippen LogP contribution in [0.2, 0.25) is 0 Å². The molecule has 2 amide bonds. The highest BCUT2D eigenvalue weighted by Gasteiger charge is 2.43. The zero-order valence-electron chi connectivity index (χ0n) is 17.4.